The molecular weight excluding hydrogens is 274 g/mol. The lowest BCUT2D eigenvalue weighted by molar-refractivity contribution is -0.760. The van der Waals surface area contributed by atoms with E-state index in [-0.39, 0.29) is 17.4 Å². The van der Waals surface area contributed by atoms with Gasteiger partial charge in [0.25, 0.3) is 0 Å². The van der Waals surface area contributed by atoms with E-state index in [4.69, 9.17) is 5.73 Å². The number of hydrogen-bond acceptors (Lipinski definition) is 6. The van der Waals surface area contributed by atoms with Crippen LogP contribution in [0.25, 0.3) is 5.73 Å². The van der Waals surface area contributed by atoms with Crippen LogP contribution in [0.5, 0.6) is 0 Å². The first-order valence-corrected chi connectivity index (χ1v) is 7.50. The number of ketones is 1. The van der Waals surface area contributed by atoms with Crippen molar-refractivity contribution in [2.75, 3.05) is 37.4 Å². The summed E-state index contributed by atoms with van der Waals surface area (Å²) in [5.74, 6) is -0.616. The average Bonchev–Trinajstić information content (AvgIpc) is 2.70. The molecule has 1 N–H and O–H groups in total. The van der Waals surface area contributed by atoms with Crippen LogP contribution in [-0.2, 0) is 10.0 Å². The van der Waals surface area contributed by atoms with Gasteiger partial charge in [-0.1, -0.05) is 0 Å². The zero-order valence-corrected chi connectivity index (χ0v) is 11.5. The second kappa shape index (κ2) is 4.78. The van der Waals surface area contributed by atoms with Crippen molar-refractivity contribution in [3.63, 3.8) is 0 Å². The number of nitrogens with one attached hydrogen (secondary N) is 1. The lowest BCUT2D eigenvalue weighted by Gasteiger charge is -2.28. The van der Waals surface area contributed by atoms with Crippen LogP contribution in [0.4, 0.5) is 5.88 Å². The summed E-state index contributed by atoms with van der Waals surface area (Å²) in [6.45, 7) is 2.70. The van der Waals surface area contributed by atoms with E-state index in [9.17, 15) is 13.2 Å². The molecule has 0 bridgehead atoms. The van der Waals surface area contributed by atoms with Crippen LogP contribution in [0.2, 0.25) is 0 Å². The Morgan fingerprint density at radius 3 is 2.42 bits per heavy atom. The predicted molar refractivity (Wildman–Crippen MR) is 65.1 cm³/mol. The van der Waals surface area contributed by atoms with Crippen molar-refractivity contribution >= 4 is 21.7 Å². The van der Waals surface area contributed by atoms with E-state index < -0.39 is 10.0 Å². The van der Waals surface area contributed by atoms with Gasteiger partial charge in [0.1, 0.15) is 5.88 Å². The van der Waals surface area contributed by atoms with Crippen LogP contribution in [0.15, 0.2) is 4.52 Å². The van der Waals surface area contributed by atoms with Crippen molar-refractivity contribution in [3.05, 3.63) is 11.4 Å². The Morgan fingerprint density at radius 2 is 1.95 bits per heavy atom. The number of rotatable bonds is 3. The van der Waals surface area contributed by atoms with E-state index in [1.807, 2.05) is 0 Å². The van der Waals surface area contributed by atoms with Gasteiger partial charge in [0, 0.05) is 20.0 Å². The van der Waals surface area contributed by atoms with E-state index in [0.29, 0.717) is 26.2 Å². The smallest absolute Gasteiger partial charge is 0.333 e. The number of sulfonamides is 1. The fraction of sp³-hybridized carbons (Fsp3) is 0.667. The fourth-order valence-electron chi connectivity index (χ4n) is 1.95. The van der Waals surface area contributed by atoms with Crippen molar-refractivity contribution in [2.24, 2.45) is 0 Å². The second-order valence-electron chi connectivity index (χ2n) is 4.31. The van der Waals surface area contributed by atoms with Gasteiger partial charge in [-0.2, -0.15) is 9.31 Å². The molecule has 1 aliphatic heterocycles. The van der Waals surface area contributed by atoms with E-state index in [0.717, 1.165) is 6.26 Å². The van der Waals surface area contributed by atoms with Crippen molar-refractivity contribution in [1.29, 1.82) is 0 Å². The van der Waals surface area contributed by atoms with Gasteiger partial charge in [-0.15, -0.1) is 0 Å². The summed E-state index contributed by atoms with van der Waals surface area (Å²) in [6.07, 6.45) is 1.16. The lowest BCUT2D eigenvalue weighted by atomic mass is 10.3. The third-order valence-electron chi connectivity index (χ3n) is 2.91. The topological polar surface area (TPSA) is 111 Å². The Labute approximate surface area is 110 Å². The average molecular weight is 289 g/mol. The molecule has 0 amide bonds. The molecule has 0 aliphatic carbocycles. The van der Waals surface area contributed by atoms with Gasteiger partial charge in [0.15, 0.2) is 0 Å². The molecule has 1 aromatic rings. The van der Waals surface area contributed by atoms with Gasteiger partial charge in [0.2, 0.25) is 21.1 Å². The molecule has 0 radical (unpaired) electrons. The zero-order chi connectivity index (χ0) is 14.2. The number of piperazine rings is 1. The summed E-state index contributed by atoms with van der Waals surface area (Å²) in [6, 6.07) is 0. The zero-order valence-electron chi connectivity index (χ0n) is 10.7. The number of hydrogen-bond donors (Lipinski definition) is 0. The molecular formula is C9H15N5O4S. The largest absolute Gasteiger partial charge is 0.659 e. The van der Waals surface area contributed by atoms with Gasteiger partial charge in [-0.3, -0.25) is 4.79 Å². The molecule has 0 saturated carbocycles. The van der Waals surface area contributed by atoms with Crippen LogP contribution in [0.3, 0.4) is 0 Å². The van der Waals surface area contributed by atoms with Crippen LogP contribution >= 0.6 is 0 Å². The number of carbonyl (C=O) groups is 1. The Balaban J connectivity index is 2.17. The van der Waals surface area contributed by atoms with Gasteiger partial charge < -0.3 is 10.3 Å². The maximum atomic E-state index is 11.4. The van der Waals surface area contributed by atoms with Gasteiger partial charge in [-0.05, 0) is 0 Å². The minimum absolute atomic E-state index is 0.0628. The van der Waals surface area contributed by atoms with E-state index >= 15 is 0 Å². The Hall–Kier alpha value is -1.68. The standard InChI is InChI=1S/C9H15N5O4S/c1-7(15)8-9(10)18-11-14(8)12-3-5-13(6-4-12)19(2,16)17/h3-6H2,1-2H3,(H-,10,11,15). The van der Waals surface area contributed by atoms with Crippen LogP contribution in [-0.4, -0.2) is 56.2 Å². The normalized spacial score (nSPS) is 17.7. The number of aromatic nitrogens is 2. The molecule has 19 heavy (non-hydrogen) atoms. The van der Waals surface area contributed by atoms with E-state index in [1.54, 1.807) is 5.01 Å². The molecule has 106 valence electrons. The monoisotopic (exact) mass is 289 g/mol. The molecule has 0 atom stereocenters. The maximum Gasteiger partial charge on any atom is 0.333 e. The molecule has 0 unspecified atom stereocenters. The molecule has 1 aliphatic rings. The molecule has 0 spiro atoms. The molecule has 0 aromatic carbocycles. The summed E-state index contributed by atoms with van der Waals surface area (Å²) in [5, 5.41) is 5.32. The summed E-state index contributed by atoms with van der Waals surface area (Å²) in [7, 11) is -3.20. The minimum Gasteiger partial charge on any atom is -0.659 e. The quantitative estimate of drug-likeness (QED) is 0.524. The SMILES string of the molecule is CC(=O)c1c([NH-])on[n+]1N1CCN(S(C)(=O)=O)CC1. The Bertz CT molecular complexity index is 588. The van der Waals surface area contributed by atoms with Crippen molar-refractivity contribution < 1.29 is 22.5 Å². The lowest BCUT2D eigenvalue weighted by Crippen LogP contribution is -2.67. The van der Waals surface area contributed by atoms with Crippen LogP contribution in [0, 0.1) is 0 Å². The second-order valence-corrected chi connectivity index (χ2v) is 6.29. The van der Waals surface area contributed by atoms with Crippen molar-refractivity contribution in [3.8, 4) is 0 Å². The Kier molecular flexibility index (Phi) is 3.45. The summed E-state index contributed by atoms with van der Waals surface area (Å²) in [4.78, 5) is 12.7. The highest BCUT2D eigenvalue weighted by molar-refractivity contribution is 7.88. The van der Waals surface area contributed by atoms with Gasteiger partial charge in [-0.25, -0.2) is 8.42 Å². The predicted octanol–water partition coefficient (Wildman–Crippen LogP) is -0.938. The molecule has 2 rings (SSSR count). The molecule has 2 heterocycles. The van der Waals surface area contributed by atoms with Gasteiger partial charge in [0.05, 0.1) is 24.1 Å². The molecule has 1 aromatic heterocycles. The Morgan fingerprint density at radius 1 is 1.37 bits per heavy atom. The third-order valence-corrected chi connectivity index (χ3v) is 4.21. The fourth-order valence-corrected chi connectivity index (χ4v) is 2.77. The van der Waals surface area contributed by atoms with E-state index in [1.165, 1.54) is 16.0 Å². The molecule has 9 nitrogen and oxygen atoms in total. The maximum absolute atomic E-state index is 11.4. The molecule has 1 saturated heterocycles. The van der Waals surface area contributed by atoms with Crippen LogP contribution in [0.1, 0.15) is 17.4 Å². The first-order chi connectivity index (χ1) is 8.80. The number of Topliss-reactive ketones (excluding diaryl/α,β-unsaturated/α-hetero) is 1. The van der Waals surface area contributed by atoms with Crippen LogP contribution < -0.4 is 9.80 Å². The number of carbonyl (C=O) groups excluding carboxylic acids is 1. The summed E-state index contributed by atoms with van der Waals surface area (Å²) < 4.78 is 28.8. The first kappa shape index (κ1) is 13.7. The van der Waals surface area contributed by atoms with E-state index in [2.05, 4.69) is 9.79 Å². The number of nitrogens with zero attached hydrogens (tertiary/aromatic N) is 4. The van der Waals surface area contributed by atoms with Crippen molar-refractivity contribution in [1.82, 2.24) is 9.58 Å². The van der Waals surface area contributed by atoms with Crippen molar-refractivity contribution in [2.45, 2.75) is 6.92 Å². The summed E-state index contributed by atoms with van der Waals surface area (Å²) in [5.41, 5.74) is 7.54. The third kappa shape index (κ3) is 2.68. The highest BCUT2D eigenvalue weighted by atomic mass is 32.2. The highest BCUT2D eigenvalue weighted by Crippen LogP contribution is 2.13. The minimum atomic E-state index is -3.20. The highest BCUT2D eigenvalue weighted by Gasteiger charge is 2.33. The summed E-state index contributed by atoms with van der Waals surface area (Å²) >= 11 is 0. The van der Waals surface area contributed by atoms with Gasteiger partial charge >= 0.3 is 5.69 Å². The molecule has 1 fully saturated rings. The first-order valence-electron chi connectivity index (χ1n) is 5.65. The molecule has 10 heteroatoms.